The van der Waals surface area contributed by atoms with E-state index in [-0.39, 0.29) is 5.60 Å². The topological polar surface area (TPSA) is 19.0 Å². The molecular formula is C21H41N3O. The normalized spacial score (nSPS) is 31.4. The van der Waals surface area contributed by atoms with Gasteiger partial charge in [0.1, 0.15) is 0 Å². The lowest BCUT2D eigenvalue weighted by Gasteiger charge is -2.48. The largest absolute Gasteiger partial charge is 0.373 e. The zero-order valence-corrected chi connectivity index (χ0v) is 17.3. The van der Waals surface area contributed by atoms with Gasteiger partial charge in [0.25, 0.3) is 0 Å². The molecule has 3 fully saturated rings. The number of likely N-dealkylation sites (tertiary alicyclic amines) is 1. The number of ether oxygens (including phenoxy) is 1. The van der Waals surface area contributed by atoms with Crippen molar-refractivity contribution < 1.29 is 4.74 Å². The van der Waals surface area contributed by atoms with Gasteiger partial charge in [-0.25, -0.2) is 0 Å². The highest BCUT2D eigenvalue weighted by Crippen LogP contribution is 2.32. The van der Waals surface area contributed by atoms with Crippen LogP contribution in [0.5, 0.6) is 0 Å². The van der Waals surface area contributed by atoms with E-state index in [9.17, 15) is 0 Å². The third-order valence-electron chi connectivity index (χ3n) is 6.30. The number of rotatable bonds is 5. The van der Waals surface area contributed by atoms with Crippen molar-refractivity contribution in [3.8, 4) is 0 Å². The first-order valence-electron chi connectivity index (χ1n) is 10.7. The van der Waals surface area contributed by atoms with E-state index in [2.05, 4.69) is 49.3 Å². The molecule has 4 heteroatoms. The molecule has 0 spiro atoms. The van der Waals surface area contributed by atoms with Crippen molar-refractivity contribution in [3.63, 3.8) is 0 Å². The van der Waals surface area contributed by atoms with Crippen LogP contribution in [-0.2, 0) is 4.74 Å². The van der Waals surface area contributed by atoms with Crippen molar-refractivity contribution in [3.05, 3.63) is 0 Å². The standard InChI is InChI=1S/C21H41N3O/c1-17(2)23-11-7-18(8-12-23)15-22-9-6-10-24(16-22)19-13-20(14-19)25-21(3,4)5/h17-20H,6-16H2,1-5H3. The Morgan fingerprint density at radius 1 is 1.00 bits per heavy atom. The van der Waals surface area contributed by atoms with Gasteiger partial charge in [0, 0.05) is 31.7 Å². The number of piperidine rings is 1. The summed E-state index contributed by atoms with van der Waals surface area (Å²) in [7, 11) is 0. The van der Waals surface area contributed by atoms with E-state index in [0.29, 0.717) is 12.1 Å². The molecule has 0 bridgehead atoms. The summed E-state index contributed by atoms with van der Waals surface area (Å²) >= 11 is 0. The minimum Gasteiger partial charge on any atom is -0.373 e. The molecule has 146 valence electrons. The molecule has 4 nitrogen and oxygen atoms in total. The van der Waals surface area contributed by atoms with Crippen LogP contribution in [0.25, 0.3) is 0 Å². The van der Waals surface area contributed by atoms with Gasteiger partial charge in [-0.2, -0.15) is 0 Å². The van der Waals surface area contributed by atoms with Gasteiger partial charge < -0.3 is 9.64 Å². The summed E-state index contributed by atoms with van der Waals surface area (Å²) in [6.45, 7) is 18.9. The summed E-state index contributed by atoms with van der Waals surface area (Å²) in [5.41, 5.74) is 0.00835. The predicted octanol–water partition coefficient (Wildman–Crippen LogP) is 3.42. The van der Waals surface area contributed by atoms with E-state index in [0.717, 1.165) is 12.0 Å². The highest BCUT2D eigenvalue weighted by Gasteiger charge is 2.38. The van der Waals surface area contributed by atoms with Gasteiger partial charge in [0.05, 0.1) is 18.4 Å². The molecule has 2 heterocycles. The second-order valence-corrected chi connectivity index (χ2v) is 9.93. The average Bonchev–Trinajstić information content (AvgIpc) is 2.50. The van der Waals surface area contributed by atoms with Crippen LogP contribution in [-0.4, -0.2) is 77.9 Å². The lowest BCUT2D eigenvalue weighted by molar-refractivity contribution is -0.129. The maximum absolute atomic E-state index is 6.13. The van der Waals surface area contributed by atoms with Crippen LogP contribution in [0, 0.1) is 5.92 Å². The minimum atomic E-state index is 0.00835. The van der Waals surface area contributed by atoms with Crippen molar-refractivity contribution in [1.82, 2.24) is 14.7 Å². The van der Waals surface area contributed by atoms with Crippen LogP contribution in [0.4, 0.5) is 0 Å². The Bertz CT molecular complexity index is 406. The Hall–Kier alpha value is -0.160. The number of nitrogens with zero attached hydrogens (tertiary/aromatic N) is 3. The van der Waals surface area contributed by atoms with Crippen LogP contribution in [0.1, 0.15) is 66.7 Å². The minimum absolute atomic E-state index is 0.00835. The van der Waals surface area contributed by atoms with Crippen LogP contribution in [0.15, 0.2) is 0 Å². The molecule has 0 atom stereocenters. The molecule has 3 rings (SSSR count). The maximum atomic E-state index is 6.13. The van der Waals surface area contributed by atoms with Gasteiger partial charge >= 0.3 is 0 Å². The fourth-order valence-corrected chi connectivity index (χ4v) is 4.79. The molecule has 2 aliphatic heterocycles. The summed E-state index contributed by atoms with van der Waals surface area (Å²) in [5.74, 6) is 0.910. The number of hydrogen-bond acceptors (Lipinski definition) is 4. The van der Waals surface area contributed by atoms with Gasteiger partial charge in [-0.15, -0.1) is 0 Å². The molecule has 0 amide bonds. The third kappa shape index (κ3) is 5.66. The first kappa shape index (κ1) is 19.6. The quantitative estimate of drug-likeness (QED) is 0.755. The molecule has 3 aliphatic rings. The van der Waals surface area contributed by atoms with Crippen molar-refractivity contribution in [2.45, 2.75) is 90.5 Å². The van der Waals surface area contributed by atoms with Gasteiger partial charge in [-0.3, -0.25) is 9.80 Å². The van der Waals surface area contributed by atoms with Gasteiger partial charge in [0.2, 0.25) is 0 Å². The maximum Gasteiger partial charge on any atom is 0.0612 e. The first-order chi connectivity index (χ1) is 11.8. The summed E-state index contributed by atoms with van der Waals surface area (Å²) in [6, 6.07) is 1.48. The molecule has 0 unspecified atom stereocenters. The molecule has 0 N–H and O–H groups in total. The fraction of sp³-hybridized carbons (Fsp3) is 1.00. The molecule has 0 aromatic heterocycles. The monoisotopic (exact) mass is 351 g/mol. The smallest absolute Gasteiger partial charge is 0.0612 e. The zero-order chi connectivity index (χ0) is 18.0. The molecule has 25 heavy (non-hydrogen) atoms. The Morgan fingerprint density at radius 2 is 1.68 bits per heavy atom. The summed E-state index contributed by atoms with van der Waals surface area (Å²) in [6.07, 6.45) is 7.07. The Labute approximate surface area is 155 Å². The van der Waals surface area contributed by atoms with E-state index in [4.69, 9.17) is 4.74 Å². The lowest BCUT2D eigenvalue weighted by Crippen LogP contribution is -2.56. The van der Waals surface area contributed by atoms with Crippen molar-refractivity contribution in [2.75, 3.05) is 39.4 Å². The Morgan fingerprint density at radius 3 is 2.28 bits per heavy atom. The SMILES string of the molecule is CC(C)N1CCC(CN2CCCN(C3CC(OC(C)(C)C)C3)C2)CC1. The summed E-state index contributed by atoms with van der Waals surface area (Å²) in [4.78, 5) is 8.11. The predicted molar refractivity (Wildman–Crippen MR) is 105 cm³/mol. The van der Waals surface area contributed by atoms with Gasteiger partial charge in [0.15, 0.2) is 0 Å². The van der Waals surface area contributed by atoms with E-state index >= 15 is 0 Å². The van der Waals surface area contributed by atoms with Crippen LogP contribution in [0.3, 0.4) is 0 Å². The highest BCUT2D eigenvalue weighted by atomic mass is 16.5. The van der Waals surface area contributed by atoms with Crippen LogP contribution in [0.2, 0.25) is 0 Å². The van der Waals surface area contributed by atoms with E-state index in [1.54, 1.807) is 0 Å². The lowest BCUT2D eigenvalue weighted by atomic mass is 9.87. The Balaban J connectivity index is 1.38. The Kier molecular flexibility index (Phi) is 6.46. The molecule has 0 aromatic carbocycles. The third-order valence-corrected chi connectivity index (χ3v) is 6.30. The highest BCUT2D eigenvalue weighted by molar-refractivity contribution is 4.91. The van der Waals surface area contributed by atoms with E-state index in [1.807, 2.05) is 0 Å². The van der Waals surface area contributed by atoms with E-state index < -0.39 is 0 Å². The summed E-state index contributed by atoms with van der Waals surface area (Å²) < 4.78 is 6.13. The van der Waals surface area contributed by atoms with E-state index in [1.165, 1.54) is 71.5 Å². The molecule has 1 aliphatic carbocycles. The van der Waals surface area contributed by atoms with Gasteiger partial charge in [-0.05, 0) is 85.7 Å². The molecule has 0 aromatic rings. The summed E-state index contributed by atoms with van der Waals surface area (Å²) in [5, 5.41) is 0. The average molecular weight is 352 g/mol. The van der Waals surface area contributed by atoms with Crippen molar-refractivity contribution >= 4 is 0 Å². The second kappa shape index (κ2) is 8.24. The molecular weight excluding hydrogens is 310 g/mol. The first-order valence-corrected chi connectivity index (χ1v) is 10.7. The second-order valence-electron chi connectivity index (χ2n) is 9.93. The van der Waals surface area contributed by atoms with Crippen LogP contribution >= 0.6 is 0 Å². The van der Waals surface area contributed by atoms with Gasteiger partial charge in [-0.1, -0.05) is 0 Å². The molecule has 0 radical (unpaired) electrons. The zero-order valence-electron chi connectivity index (χ0n) is 17.3. The van der Waals surface area contributed by atoms with Crippen molar-refractivity contribution in [2.24, 2.45) is 5.92 Å². The van der Waals surface area contributed by atoms with Crippen LogP contribution < -0.4 is 0 Å². The fourth-order valence-electron chi connectivity index (χ4n) is 4.79. The molecule has 2 saturated heterocycles. The number of hydrogen-bond donors (Lipinski definition) is 0. The van der Waals surface area contributed by atoms with Crippen molar-refractivity contribution in [1.29, 1.82) is 0 Å². The molecule has 1 saturated carbocycles.